The Kier molecular flexibility index (Phi) is 3.90. The largest absolute Gasteiger partial charge is 0.380 e. The number of nitrogens with zero attached hydrogens (tertiary/aromatic N) is 2. The molecule has 2 aromatic rings. The molecule has 0 amide bonds. The highest BCUT2D eigenvalue weighted by Crippen LogP contribution is 2.11. The fraction of sp³-hybridized carbons (Fsp3) is 0.308. The summed E-state index contributed by atoms with van der Waals surface area (Å²) in [5, 5.41) is 7.57. The van der Waals surface area contributed by atoms with E-state index >= 15 is 0 Å². The standard InChI is InChI=1S/C13H17N3O/c1-14-9-12-6-7-16(15-12)13-5-3-4-11(8-13)10-17-2/h3-8,14H,9-10H2,1-2H3. The Bertz CT molecular complexity index is 479. The van der Waals surface area contributed by atoms with Gasteiger partial charge in [-0.1, -0.05) is 12.1 Å². The number of ether oxygens (including phenoxy) is 1. The van der Waals surface area contributed by atoms with E-state index in [0.29, 0.717) is 6.61 Å². The van der Waals surface area contributed by atoms with Gasteiger partial charge in [-0.25, -0.2) is 4.68 Å². The molecule has 4 heteroatoms. The molecule has 90 valence electrons. The maximum absolute atomic E-state index is 5.12. The molecule has 1 aromatic heterocycles. The van der Waals surface area contributed by atoms with Gasteiger partial charge in [-0.05, 0) is 30.8 Å². The molecule has 0 saturated heterocycles. The van der Waals surface area contributed by atoms with Crippen molar-refractivity contribution in [1.82, 2.24) is 15.1 Å². The zero-order valence-electron chi connectivity index (χ0n) is 10.2. The molecule has 17 heavy (non-hydrogen) atoms. The molecule has 1 N–H and O–H groups in total. The van der Waals surface area contributed by atoms with Gasteiger partial charge in [0.1, 0.15) is 0 Å². The number of hydrogen-bond donors (Lipinski definition) is 1. The molecular formula is C13H17N3O. The van der Waals surface area contributed by atoms with E-state index in [-0.39, 0.29) is 0 Å². The third-order valence-corrected chi connectivity index (χ3v) is 2.49. The number of hydrogen-bond acceptors (Lipinski definition) is 3. The van der Waals surface area contributed by atoms with Crippen LogP contribution in [0.15, 0.2) is 36.5 Å². The molecule has 2 rings (SSSR count). The molecule has 0 aliphatic heterocycles. The lowest BCUT2D eigenvalue weighted by atomic mass is 10.2. The van der Waals surface area contributed by atoms with Crippen LogP contribution in [-0.2, 0) is 17.9 Å². The highest BCUT2D eigenvalue weighted by Gasteiger charge is 2.01. The first-order valence-electron chi connectivity index (χ1n) is 5.61. The van der Waals surface area contributed by atoms with E-state index in [1.807, 2.05) is 42.2 Å². The Hall–Kier alpha value is -1.65. The van der Waals surface area contributed by atoms with E-state index < -0.39 is 0 Å². The Labute approximate surface area is 101 Å². The number of rotatable bonds is 5. The van der Waals surface area contributed by atoms with Gasteiger partial charge in [0.2, 0.25) is 0 Å². The van der Waals surface area contributed by atoms with Gasteiger partial charge in [-0.3, -0.25) is 0 Å². The summed E-state index contributed by atoms with van der Waals surface area (Å²) in [6, 6.07) is 10.2. The number of aromatic nitrogens is 2. The Morgan fingerprint density at radius 3 is 3.00 bits per heavy atom. The highest BCUT2D eigenvalue weighted by molar-refractivity contribution is 5.35. The van der Waals surface area contributed by atoms with Gasteiger partial charge < -0.3 is 10.1 Å². The molecule has 0 atom stereocenters. The maximum atomic E-state index is 5.12. The summed E-state index contributed by atoms with van der Waals surface area (Å²) in [4.78, 5) is 0. The zero-order valence-corrected chi connectivity index (χ0v) is 10.2. The quantitative estimate of drug-likeness (QED) is 0.852. The van der Waals surface area contributed by atoms with E-state index in [0.717, 1.165) is 23.5 Å². The summed E-state index contributed by atoms with van der Waals surface area (Å²) in [5.41, 5.74) is 3.24. The van der Waals surface area contributed by atoms with Crippen LogP contribution in [0.5, 0.6) is 0 Å². The van der Waals surface area contributed by atoms with Crippen molar-refractivity contribution >= 4 is 0 Å². The first kappa shape index (κ1) is 11.8. The van der Waals surface area contributed by atoms with Crippen LogP contribution in [0.4, 0.5) is 0 Å². The zero-order chi connectivity index (χ0) is 12.1. The molecule has 1 heterocycles. The van der Waals surface area contributed by atoms with Gasteiger partial charge >= 0.3 is 0 Å². The van der Waals surface area contributed by atoms with E-state index in [9.17, 15) is 0 Å². The van der Waals surface area contributed by atoms with Gasteiger partial charge in [0.05, 0.1) is 18.0 Å². The minimum absolute atomic E-state index is 0.623. The Morgan fingerprint density at radius 1 is 1.35 bits per heavy atom. The van der Waals surface area contributed by atoms with Crippen LogP contribution < -0.4 is 5.32 Å². The SMILES string of the molecule is CNCc1ccn(-c2cccc(COC)c2)n1. The predicted octanol–water partition coefficient (Wildman–Crippen LogP) is 1.74. The smallest absolute Gasteiger partial charge is 0.0766 e. The Morgan fingerprint density at radius 2 is 2.24 bits per heavy atom. The van der Waals surface area contributed by atoms with Gasteiger partial charge in [0.25, 0.3) is 0 Å². The molecule has 0 aliphatic carbocycles. The molecule has 0 aliphatic rings. The average Bonchev–Trinajstić information content (AvgIpc) is 2.79. The minimum Gasteiger partial charge on any atom is -0.380 e. The van der Waals surface area contributed by atoms with E-state index in [2.05, 4.69) is 16.5 Å². The van der Waals surface area contributed by atoms with Crippen molar-refractivity contribution in [3.05, 3.63) is 47.8 Å². The maximum Gasteiger partial charge on any atom is 0.0766 e. The van der Waals surface area contributed by atoms with Crippen molar-refractivity contribution in [2.24, 2.45) is 0 Å². The molecule has 1 aromatic carbocycles. The van der Waals surface area contributed by atoms with Gasteiger partial charge in [-0.2, -0.15) is 5.10 Å². The average molecular weight is 231 g/mol. The van der Waals surface area contributed by atoms with Crippen LogP contribution in [0.2, 0.25) is 0 Å². The van der Waals surface area contributed by atoms with Gasteiger partial charge in [-0.15, -0.1) is 0 Å². The monoisotopic (exact) mass is 231 g/mol. The number of nitrogens with one attached hydrogen (secondary N) is 1. The second-order valence-electron chi connectivity index (χ2n) is 3.88. The molecule has 0 unspecified atom stereocenters. The first-order valence-corrected chi connectivity index (χ1v) is 5.61. The van der Waals surface area contributed by atoms with Crippen LogP contribution in [0.3, 0.4) is 0 Å². The minimum atomic E-state index is 0.623. The van der Waals surface area contributed by atoms with Crippen molar-refractivity contribution in [1.29, 1.82) is 0 Å². The summed E-state index contributed by atoms with van der Waals surface area (Å²) in [6.45, 7) is 1.41. The van der Waals surface area contributed by atoms with Gasteiger partial charge in [0.15, 0.2) is 0 Å². The lowest BCUT2D eigenvalue weighted by Crippen LogP contribution is -2.06. The van der Waals surface area contributed by atoms with Crippen molar-refractivity contribution in [3.8, 4) is 5.69 Å². The second kappa shape index (κ2) is 5.61. The number of benzene rings is 1. The summed E-state index contributed by atoms with van der Waals surface area (Å²) < 4.78 is 7.00. The second-order valence-corrected chi connectivity index (χ2v) is 3.88. The van der Waals surface area contributed by atoms with Crippen molar-refractivity contribution in [3.63, 3.8) is 0 Å². The molecule has 4 nitrogen and oxygen atoms in total. The molecular weight excluding hydrogens is 214 g/mol. The van der Waals surface area contributed by atoms with Crippen LogP contribution in [0.1, 0.15) is 11.3 Å². The molecule has 0 saturated carbocycles. The normalized spacial score (nSPS) is 10.7. The van der Waals surface area contributed by atoms with E-state index in [1.54, 1.807) is 7.11 Å². The lowest BCUT2D eigenvalue weighted by molar-refractivity contribution is 0.185. The van der Waals surface area contributed by atoms with Crippen molar-refractivity contribution in [2.75, 3.05) is 14.2 Å². The summed E-state index contributed by atoms with van der Waals surface area (Å²) in [5.74, 6) is 0. The van der Waals surface area contributed by atoms with Gasteiger partial charge in [0, 0.05) is 19.9 Å². The van der Waals surface area contributed by atoms with Crippen LogP contribution in [0.25, 0.3) is 5.69 Å². The predicted molar refractivity (Wildman–Crippen MR) is 67.0 cm³/mol. The fourth-order valence-electron chi connectivity index (χ4n) is 1.74. The van der Waals surface area contributed by atoms with E-state index in [4.69, 9.17) is 4.74 Å². The van der Waals surface area contributed by atoms with Crippen molar-refractivity contribution < 1.29 is 4.74 Å². The first-order chi connectivity index (χ1) is 8.33. The third-order valence-electron chi connectivity index (χ3n) is 2.49. The molecule has 0 radical (unpaired) electrons. The van der Waals surface area contributed by atoms with Crippen LogP contribution >= 0.6 is 0 Å². The molecule has 0 spiro atoms. The highest BCUT2D eigenvalue weighted by atomic mass is 16.5. The van der Waals surface area contributed by atoms with Crippen molar-refractivity contribution in [2.45, 2.75) is 13.2 Å². The van der Waals surface area contributed by atoms with Crippen LogP contribution in [-0.4, -0.2) is 23.9 Å². The fourth-order valence-corrected chi connectivity index (χ4v) is 1.74. The summed E-state index contributed by atoms with van der Waals surface area (Å²) >= 11 is 0. The summed E-state index contributed by atoms with van der Waals surface area (Å²) in [7, 11) is 3.61. The Balaban J connectivity index is 2.22. The number of methoxy groups -OCH3 is 1. The topological polar surface area (TPSA) is 39.1 Å². The van der Waals surface area contributed by atoms with E-state index in [1.165, 1.54) is 0 Å². The summed E-state index contributed by atoms with van der Waals surface area (Å²) in [6.07, 6.45) is 1.97. The molecule has 0 bridgehead atoms. The molecule has 0 fully saturated rings. The van der Waals surface area contributed by atoms with Crippen LogP contribution in [0, 0.1) is 0 Å². The third kappa shape index (κ3) is 2.93. The lowest BCUT2D eigenvalue weighted by Gasteiger charge is -2.04.